The Kier molecular flexibility index (Phi) is 1.57. The van der Waals surface area contributed by atoms with Crippen LogP contribution < -0.4 is 5.84 Å². The molecule has 5 heteroatoms. The summed E-state index contributed by atoms with van der Waals surface area (Å²) in [5, 5.41) is 1.07. The molecule has 1 aliphatic rings. The third kappa shape index (κ3) is 0.873. The second kappa shape index (κ2) is 2.06. The maximum Gasteiger partial charge on any atom is 0.425 e. The lowest BCUT2D eigenvalue weighted by atomic mass is 10.7. The summed E-state index contributed by atoms with van der Waals surface area (Å²) in [4.78, 5) is 10.4. The number of alkyl halides is 1. The second-order valence-corrected chi connectivity index (χ2v) is 2.86. The summed E-state index contributed by atoms with van der Waals surface area (Å²) in [6.07, 6.45) is -0.440. The Hall–Kier alpha value is -0.0400. The average Bonchev–Trinajstić information content (AvgIpc) is 1.98. The van der Waals surface area contributed by atoms with Crippen molar-refractivity contribution < 1.29 is 9.53 Å². The number of carbonyl (C=O) groups is 1. The number of ether oxygens (including phenoxy) is 1. The molecule has 46 valence electrons. The van der Waals surface area contributed by atoms with Gasteiger partial charge in [-0.25, -0.2) is 15.6 Å². The average molecular weight is 228 g/mol. The SMILES string of the molecule is NN1C(=O)OCC1I. The number of nitrogens with zero attached hydrogens (tertiary/aromatic N) is 1. The summed E-state index contributed by atoms with van der Waals surface area (Å²) in [6, 6.07) is 0. The Bertz CT molecular complexity index is 118. The summed E-state index contributed by atoms with van der Waals surface area (Å²) < 4.78 is 4.53. The molecule has 8 heavy (non-hydrogen) atoms. The minimum Gasteiger partial charge on any atom is -0.445 e. The highest BCUT2D eigenvalue weighted by Crippen LogP contribution is 2.12. The fourth-order valence-corrected chi connectivity index (χ4v) is 0.816. The molecular weight excluding hydrogens is 223 g/mol. The van der Waals surface area contributed by atoms with Gasteiger partial charge >= 0.3 is 6.09 Å². The first-order valence-electron chi connectivity index (χ1n) is 2.06. The van der Waals surface area contributed by atoms with Crippen LogP contribution in [0, 0.1) is 0 Å². The van der Waals surface area contributed by atoms with E-state index in [1.54, 1.807) is 0 Å². The zero-order chi connectivity index (χ0) is 6.15. The highest BCUT2D eigenvalue weighted by Gasteiger charge is 2.27. The van der Waals surface area contributed by atoms with Gasteiger partial charge in [-0.15, -0.1) is 0 Å². The highest BCUT2D eigenvalue weighted by molar-refractivity contribution is 14.1. The van der Waals surface area contributed by atoms with Gasteiger partial charge in [-0.3, -0.25) is 0 Å². The van der Waals surface area contributed by atoms with Gasteiger partial charge in [0.25, 0.3) is 0 Å². The molecule has 1 aliphatic heterocycles. The maximum atomic E-state index is 10.4. The van der Waals surface area contributed by atoms with E-state index in [1.807, 2.05) is 22.6 Å². The maximum absolute atomic E-state index is 10.4. The molecule has 0 aliphatic carbocycles. The van der Waals surface area contributed by atoms with Gasteiger partial charge in [-0.1, -0.05) is 22.6 Å². The Labute approximate surface area is 60.1 Å². The molecule has 1 amide bonds. The first kappa shape index (κ1) is 6.09. The molecular formula is C3H5IN2O2. The molecule has 1 atom stereocenters. The monoisotopic (exact) mass is 228 g/mol. The van der Waals surface area contributed by atoms with E-state index in [9.17, 15) is 4.79 Å². The lowest BCUT2D eigenvalue weighted by Gasteiger charge is -2.05. The molecule has 0 radical (unpaired) electrons. The minimum atomic E-state index is -0.440. The summed E-state index contributed by atoms with van der Waals surface area (Å²) in [6.45, 7) is 0.399. The first-order valence-corrected chi connectivity index (χ1v) is 3.31. The number of hydrogen-bond donors (Lipinski definition) is 1. The quantitative estimate of drug-likeness (QED) is 0.210. The fourth-order valence-electron chi connectivity index (χ4n) is 0.409. The van der Waals surface area contributed by atoms with Crippen LogP contribution in [0.3, 0.4) is 0 Å². The van der Waals surface area contributed by atoms with Gasteiger partial charge < -0.3 is 4.74 Å². The lowest BCUT2D eigenvalue weighted by Crippen LogP contribution is -2.35. The number of hydrogen-bond acceptors (Lipinski definition) is 3. The van der Waals surface area contributed by atoms with Gasteiger partial charge in [0.05, 0.1) is 0 Å². The Morgan fingerprint density at radius 2 is 2.62 bits per heavy atom. The van der Waals surface area contributed by atoms with E-state index in [4.69, 9.17) is 5.84 Å². The second-order valence-electron chi connectivity index (χ2n) is 1.42. The van der Waals surface area contributed by atoms with Crippen molar-refractivity contribution in [3.63, 3.8) is 0 Å². The predicted octanol–water partition coefficient (Wildman–Crippen LogP) is 0.0734. The van der Waals surface area contributed by atoms with E-state index in [2.05, 4.69) is 4.74 Å². The van der Waals surface area contributed by atoms with Gasteiger partial charge in [-0.2, -0.15) is 0 Å². The molecule has 0 aromatic heterocycles. The van der Waals surface area contributed by atoms with Crippen LogP contribution in [0.2, 0.25) is 0 Å². The Morgan fingerprint density at radius 1 is 2.00 bits per heavy atom. The molecule has 1 unspecified atom stereocenters. The van der Waals surface area contributed by atoms with Crippen LogP contribution in [-0.4, -0.2) is 21.8 Å². The molecule has 1 rings (SSSR count). The van der Waals surface area contributed by atoms with Crippen molar-refractivity contribution in [1.29, 1.82) is 0 Å². The largest absolute Gasteiger partial charge is 0.445 e. The smallest absolute Gasteiger partial charge is 0.425 e. The molecule has 4 nitrogen and oxygen atoms in total. The molecule has 0 aromatic rings. The van der Waals surface area contributed by atoms with Gasteiger partial charge in [0, 0.05) is 0 Å². The molecule has 0 bridgehead atoms. The van der Waals surface area contributed by atoms with Crippen LogP contribution >= 0.6 is 22.6 Å². The summed E-state index contributed by atoms with van der Waals surface area (Å²) in [5.74, 6) is 5.17. The number of halogens is 1. The molecule has 0 spiro atoms. The van der Waals surface area contributed by atoms with Crippen molar-refractivity contribution in [2.45, 2.75) is 4.05 Å². The number of carbonyl (C=O) groups excluding carboxylic acids is 1. The number of rotatable bonds is 0. The normalized spacial score (nSPS) is 28.5. The third-order valence-corrected chi connectivity index (χ3v) is 1.82. The van der Waals surface area contributed by atoms with Crippen LogP contribution in [0.15, 0.2) is 0 Å². The summed E-state index contributed by atoms with van der Waals surface area (Å²) >= 11 is 2.03. The van der Waals surface area contributed by atoms with Crippen molar-refractivity contribution >= 4 is 28.7 Å². The fraction of sp³-hybridized carbons (Fsp3) is 0.667. The van der Waals surface area contributed by atoms with Crippen molar-refractivity contribution in [1.82, 2.24) is 5.01 Å². The summed E-state index contributed by atoms with van der Waals surface area (Å²) in [7, 11) is 0. The van der Waals surface area contributed by atoms with E-state index in [0.29, 0.717) is 6.61 Å². The standard InChI is InChI=1S/C3H5IN2O2/c4-2-1-8-3(7)6(2)5/h2H,1,5H2. The molecule has 1 fully saturated rings. The van der Waals surface area contributed by atoms with Crippen molar-refractivity contribution in [2.24, 2.45) is 5.84 Å². The van der Waals surface area contributed by atoms with E-state index in [1.165, 1.54) is 0 Å². The number of nitrogens with two attached hydrogens (primary N) is 1. The van der Waals surface area contributed by atoms with Crippen LogP contribution in [0.1, 0.15) is 0 Å². The van der Waals surface area contributed by atoms with E-state index >= 15 is 0 Å². The topological polar surface area (TPSA) is 55.6 Å². The van der Waals surface area contributed by atoms with Gasteiger partial charge in [0.2, 0.25) is 0 Å². The molecule has 0 saturated carbocycles. The lowest BCUT2D eigenvalue weighted by molar-refractivity contribution is 0.159. The first-order chi connectivity index (χ1) is 3.72. The summed E-state index contributed by atoms with van der Waals surface area (Å²) in [5.41, 5.74) is 0. The van der Waals surface area contributed by atoms with E-state index in [0.717, 1.165) is 5.01 Å². The minimum absolute atomic E-state index is 0.0000926. The van der Waals surface area contributed by atoms with Gasteiger partial charge in [0.15, 0.2) is 0 Å². The van der Waals surface area contributed by atoms with Crippen LogP contribution in [0.25, 0.3) is 0 Å². The van der Waals surface area contributed by atoms with E-state index in [-0.39, 0.29) is 4.05 Å². The third-order valence-electron chi connectivity index (χ3n) is 0.857. The molecule has 1 heterocycles. The highest BCUT2D eigenvalue weighted by atomic mass is 127. The van der Waals surface area contributed by atoms with E-state index < -0.39 is 6.09 Å². The number of hydrazine groups is 1. The van der Waals surface area contributed by atoms with Crippen LogP contribution in [0.4, 0.5) is 4.79 Å². The zero-order valence-electron chi connectivity index (χ0n) is 4.00. The molecule has 2 N–H and O–H groups in total. The van der Waals surface area contributed by atoms with Gasteiger partial charge in [-0.05, 0) is 0 Å². The van der Waals surface area contributed by atoms with Crippen molar-refractivity contribution in [3.8, 4) is 0 Å². The Balaban J connectivity index is 2.56. The van der Waals surface area contributed by atoms with Gasteiger partial charge in [0.1, 0.15) is 10.7 Å². The number of amides is 1. The molecule has 1 saturated heterocycles. The van der Waals surface area contributed by atoms with Crippen molar-refractivity contribution in [2.75, 3.05) is 6.61 Å². The van der Waals surface area contributed by atoms with Crippen LogP contribution in [0.5, 0.6) is 0 Å². The van der Waals surface area contributed by atoms with Crippen LogP contribution in [-0.2, 0) is 4.74 Å². The molecule has 0 aromatic carbocycles. The Morgan fingerprint density at radius 3 is 2.75 bits per heavy atom. The predicted molar refractivity (Wildman–Crippen MR) is 35.2 cm³/mol. The number of cyclic esters (lactones) is 1. The van der Waals surface area contributed by atoms with Crippen molar-refractivity contribution in [3.05, 3.63) is 0 Å². The zero-order valence-corrected chi connectivity index (χ0v) is 6.16.